The van der Waals surface area contributed by atoms with E-state index in [0.29, 0.717) is 0 Å². The van der Waals surface area contributed by atoms with Crippen molar-refractivity contribution in [2.24, 2.45) is 0 Å². The second kappa shape index (κ2) is 16.1. The van der Waals surface area contributed by atoms with Crippen LogP contribution in [0.3, 0.4) is 0 Å². The number of hydrogen-bond donors (Lipinski definition) is 3. The van der Waals surface area contributed by atoms with Crippen LogP contribution in [0.5, 0.6) is 34.5 Å². The molecule has 1 aliphatic rings. The van der Waals surface area contributed by atoms with E-state index in [1.165, 1.54) is 0 Å². The number of hydrogen-bond acceptors (Lipinski definition) is 15. The van der Waals surface area contributed by atoms with E-state index in [4.69, 9.17) is 14.2 Å². The summed E-state index contributed by atoms with van der Waals surface area (Å²) in [7, 11) is 0. The number of ether oxygens (including phenoxy) is 3. The van der Waals surface area contributed by atoms with Crippen LogP contribution in [-0.2, 0) is 45.7 Å². The van der Waals surface area contributed by atoms with Crippen molar-refractivity contribution in [3.8, 4) is 34.5 Å². The summed E-state index contributed by atoms with van der Waals surface area (Å²) in [5.41, 5.74) is -2.06. The van der Waals surface area contributed by atoms with Gasteiger partial charge in [0, 0.05) is 16.7 Å². The quantitative estimate of drug-likeness (QED) is 0.123. The van der Waals surface area contributed by atoms with Crippen LogP contribution in [0.4, 0.5) is 0 Å². The summed E-state index contributed by atoms with van der Waals surface area (Å²) in [6.07, 6.45) is 0. The molecule has 4 rings (SSSR count). The number of para-hydroxylation sites is 3. The molecule has 0 saturated carbocycles. The fourth-order valence-corrected chi connectivity index (χ4v) is 4.10. The van der Waals surface area contributed by atoms with E-state index in [-0.39, 0.29) is 21.3 Å². The number of benzene rings is 3. The molecule has 0 aliphatic carbocycles. The molecule has 0 aromatic heterocycles. The Bertz CT molecular complexity index is 1600. The van der Waals surface area contributed by atoms with Gasteiger partial charge in [-0.25, -0.2) is 14.4 Å². The van der Waals surface area contributed by atoms with Crippen LogP contribution < -0.4 is 46.6 Å². The molecule has 49 heavy (non-hydrogen) atoms. The Balaban J connectivity index is 0.00000650. The SMILES string of the molecule is O=C(NC1COC(=O)C(NC(=O)c2cccc([O-])c2[O-])COC(=O)C(NC(=O)c2cccc([O-])c2[O-])COC1=O)c1cccc([O-])c1[O-].[Fe+3].[H+].[H+].[H+]. The van der Waals surface area contributed by atoms with Crippen molar-refractivity contribution in [3.63, 3.8) is 0 Å². The number of cyclic esters (lactones) is 3. The Morgan fingerprint density at radius 3 is 1.00 bits per heavy atom. The molecule has 3 unspecified atom stereocenters. The van der Waals surface area contributed by atoms with Gasteiger partial charge < -0.3 is 60.8 Å². The molecule has 1 heterocycles. The molecule has 1 fully saturated rings. The first kappa shape index (κ1) is 37.3. The maximum Gasteiger partial charge on any atom is 3.00 e. The molecule has 1 saturated heterocycles. The van der Waals surface area contributed by atoms with Gasteiger partial charge in [-0.1, -0.05) is 54.6 Å². The van der Waals surface area contributed by atoms with Crippen LogP contribution >= 0.6 is 0 Å². The maximum atomic E-state index is 13.0. The van der Waals surface area contributed by atoms with Gasteiger partial charge in [-0.05, 0) is 0 Å². The zero-order valence-electron chi connectivity index (χ0n) is 27.5. The topological polar surface area (TPSA) is 305 Å². The van der Waals surface area contributed by atoms with E-state index in [9.17, 15) is 59.4 Å². The van der Waals surface area contributed by atoms with Crippen LogP contribution in [-0.4, -0.2) is 73.6 Å². The fourth-order valence-electron chi connectivity index (χ4n) is 4.10. The molecule has 0 spiro atoms. The summed E-state index contributed by atoms with van der Waals surface area (Å²) in [6.45, 7) is -3.07. The summed E-state index contributed by atoms with van der Waals surface area (Å²) < 4.78 is 15.1. The van der Waals surface area contributed by atoms with Crippen molar-refractivity contribution >= 4 is 35.6 Å². The monoisotopic (exact) mass is 722 g/mol. The molecular weight excluding hydrogens is 698 g/mol. The van der Waals surface area contributed by atoms with Gasteiger partial charge in [0.2, 0.25) is 0 Å². The number of esters is 3. The molecule has 3 atom stereocenters. The van der Waals surface area contributed by atoms with Crippen LogP contribution in [0.25, 0.3) is 0 Å². The van der Waals surface area contributed by atoms with Gasteiger partial charge >= 0.3 is 39.3 Å². The number of carbonyl (C=O) groups excluding carboxylic acids is 6. The molecule has 0 bridgehead atoms. The fraction of sp³-hybridized carbons (Fsp3) is 0.200. The molecule has 3 amide bonds. The molecule has 3 N–H and O–H groups in total. The molecule has 1 aliphatic heterocycles. The van der Waals surface area contributed by atoms with E-state index in [0.717, 1.165) is 54.6 Å². The van der Waals surface area contributed by atoms with E-state index >= 15 is 0 Å². The minimum Gasteiger partial charge on any atom is -0.873 e. The Kier molecular flexibility index (Phi) is 12.2. The zero-order valence-corrected chi connectivity index (χ0v) is 25.6. The average Bonchev–Trinajstić information content (AvgIpc) is 3.05. The van der Waals surface area contributed by atoms with E-state index < -0.39 is 125 Å². The second-order valence-electron chi connectivity index (χ2n) is 9.87. The third-order valence-electron chi connectivity index (χ3n) is 6.62. The third kappa shape index (κ3) is 8.79. The molecule has 1 radical (unpaired) electrons. The van der Waals surface area contributed by atoms with Gasteiger partial charge in [0.25, 0.3) is 17.7 Å². The molecule has 3 aromatic carbocycles. The van der Waals surface area contributed by atoms with Gasteiger partial charge in [-0.2, -0.15) is 0 Å². The number of rotatable bonds is 6. The van der Waals surface area contributed by atoms with Crippen molar-refractivity contribution in [2.75, 3.05) is 19.8 Å². The minimum absolute atomic E-state index is 0. The zero-order chi connectivity index (χ0) is 35.1. The first-order chi connectivity index (χ1) is 22.8. The second-order valence-corrected chi connectivity index (χ2v) is 9.87. The number of nitrogens with one attached hydrogen (secondary N) is 3. The van der Waals surface area contributed by atoms with Gasteiger partial charge in [-0.3, -0.25) is 14.4 Å². The third-order valence-corrected chi connectivity index (χ3v) is 6.62. The maximum absolute atomic E-state index is 13.0. The molecule has 257 valence electrons. The molecule has 19 heteroatoms. The largest absolute Gasteiger partial charge is 3.00 e. The van der Waals surface area contributed by atoms with Crippen LogP contribution in [0.15, 0.2) is 54.6 Å². The van der Waals surface area contributed by atoms with Gasteiger partial charge in [0.15, 0.2) is 18.1 Å². The van der Waals surface area contributed by atoms with Crippen molar-refractivity contribution in [1.82, 2.24) is 16.0 Å². The summed E-state index contributed by atoms with van der Waals surface area (Å²) in [5.74, 6) is -14.8. The van der Waals surface area contributed by atoms with Gasteiger partial charge in [-0.15, -0.1) is 34.5 Å². The summed E-state index contributed by atoms with van der Waals surface area (Å²) in [5, 5.41) is 77.8. The molecular formula is C30H24FeN3O15. The van der Waals surface area contributed by atoms with E-state index in [2.05, 4.69) is 16.0 Å². The van der Waals surface area contributed by atoms with E-state index in [1.807, 2.05) is 0 Å². The van der Waals surface area contributed by atoms with Crippen molar-refractivity contribution in [2.45, 2.75) is 18.1 Å². The first-order valence-corrected chi connectivity index (χ1v) is 13.6. The van der Waals surface area contributed by atoms with Crippen LogP contribution in [0.2, 0.25) is 0 Å². The van der Waals surface area contributed by atoms with Gasteiger partial charge in [0.1, 0.15) is 19.8 Å². The van der Waals surface area contributed by atoms with Crippen LogP contribution in [0.1, 0.15) is 35.4 Å². The molecule has 3 aromatic rings. The Hall–Kier alpha value is -6.20. The standard InChI is InChI=1S/C30H27N3O15.Fe/c34-19-7-1-4-13(22(19)37)25(40)31-16-10-46-29(44)18(33-27(42)15-6-3-9-21(36)24(15)39)12-48-30(45)17(11-47-28(16)43)32-26(41)14-5-2-8-20(35)23(14)38;/h1-9,16-18,34-39H,10-12H2,(H,31,40)(H,32,41)(H,33,42);/q;+3/p-3. The summed E-state index contributed by atoms with van der Waals surface area (Å²) in [6, 6.07) is 3.10. The minimum atomic E-state index is -1.92. The van der Waals surface area contributed by atoms with Crippen molar-refractivity contribution in [3.05, 3.63) is 71.3 Å². The molecule has 18 nitrogen and oxygen atoms in total. The smallest absolute Gasteiger partial charge is 0.873 e. The van der Waals surface area contributed by atoms with Gasteiger partial charge in [0.05, 0.1) is 0 Å². The average molecular weight is 722 g/mol. The Labute approximate surface area is 290 Å². The summed E-state index contributed by atoms with van der Waals surface area (Å²) in [4.78, 5) is 77.4. The number of carbonyl (C=O) groups is 6. The summed E-state index contributed by atoms with van der Waals surface area (Å²) >= 11 is 0. The van der Waals surface area contributed by atoms with E-state index in [1.54, 1.807) is 0 Å². The van der Waals surface area contributed by atoms with Crippen molar-refractivity contribution < 1.29 is 95.0 Å². The predicted octanol–water partition coefficient (Wildman–Crippen LogP) is -4.20. The Morgan fingerprint density at radius 1 is 0.510 bits per heavy atom. The number of amides is 3. The van der Waals surface area contributed by atoms with Crippen molar-refractivity contribution in [1.29, 1.82) is 0 Å². The van der Waals surface area contributed by atoms with Crippen LogP contribution in [0, 0.1) is 0 Å². The first-order valence-electron chi connectivity index (χ1n) is 13.6. The predicted molar refractivity (Wildman–Crippen MR) is 146 cm³/mol. The Morgan fingerprint density at radius 2 is 0.755 bits per heavy atom. The normalized spacial score (nSPS) is 18.1.